The predicted molar refractivity (Wildman–Crippen MR) is 58.0 cm³/mol. The van der Waals surface area contributed by atoms with E-state index in [0.717, 1.165) is 12.3 Å². The van der Waals surface area contributed by atoms with E-state index < -0.39 is 6.23 Å². The molecule has 2 rings (SSSR count). The third kappa shape index (κ3) is 2.46. The molecule has 2 unspecified atom stereocenters. The molecule has 2 amide bonds. The van der Waals surface area contributed by atoms with Gasteiger partial charge in [0.05, 0.1) is 6.61 Å². The third-order valence-corrected chi connectivity index (χ3v) is 3.43. The van der Waals surface area contributed by atoms with E-state index in [1.807, 2.05) is 0 Å². The number of nitrogens with one attached hydrogen (secondary N) is 3. The first-order valence-corrected chi connectivity index (χ1v) is 6.10. The summed E-state index contributed by atoms with van der Waals surface area (Å²) in [6, 6.07) is 0. The zero-order chi connectivity index (χ0) is 11.4. The fraction of sp³-hybridized carbons (Fsp3) is 0.750. The van der Waals surface area contributed by atoms with Crippen LogP contribution in [0.3, 0.4) is 0 Å². The van der Waals surface area contributed by atoms with Crippen molar-refractivity contribution in [3.8, 4) is 0 Å². The van der Waals surface area contributed by atoms with Gasteiger partial charge in [0, 0.05) is 18.8 Å². The second-order valence-electron chi connectivity index (χ2n) is 3.34. The van der Waals surface area contributed by atoms with E-state index in [9.17, 15) is 9.59 Å². The Balaban J connectivity index is 1.99. The number of hydrogen-bond donors (Lipinski definition) is 3. The molecule has 0 aliphatic carbocycles. The van der Waals surface area contributed by atoms with Crippen LogP contribution in [0.15, 0.2) is 0 Å². The van der Waals surface area contributed by atoms with Gasteiger partial charge in [-0.05, 0) is 0 Å². The second-order valence-corrected chi connectivity index (χ2v) is 4.53. The molecule has 2 heterocycles. The van der Waals surface area contributed by atoms with E-state index in [4.69, 9.17) is 4.74 Å². The molecule has 7 nitrogen and oxygen atoms in total. The van der Waals surface area contributed by atoms with Crippen LogP contribution in [0.1, 0.15) is 0 Å². The van der Waals surface area contributed by atoms with Crippen molar-refractivity contribution < 1.29 is 14.3 Å². The van der Waals surface area contributed by atoms with Crippen molar-refractivity contribution in [3.05, 3.63) is 0 Å². The highest BCUT2D eigenvalue weighted by Gasteiger charge is 2.33. The quantitative estimate of drug-likeness (QED) is 0.395. The smallest absolute Gasteiger partial charge is 0.287 e. The lowest BCUT2D eigenvalue weighted by Gasteiger charge is -2.28. The zero-order valence-electron chi connectivity index (χ0n) is 8.64. The monoisotopic (exact) mass is 246 g/mol. The summed E-state index contributed by atoms with van der Waals surface area (Å²) in [5.74, 6) is 0.630. The molecule has 2 atom stereocenters. The number of carbonyl (C=O) groups excluding carboxylic acids is 2. The van der Waals surface area contributed by atoms with Crippen LogP contribution in [-0.2, 0) is 14.3 Å². The summed E-state index contributed by atoms with van der Waals surface area (Å²) < 4.78 is 5.21. The first-order valence-electron chi connectivity index (χ1n) is 5.06. The molecule has 16 heavy (non-hydrogen) atoms. The molecule has 2 aliphatic heterocycles. The minimum absolute atomic E-state index is 0.219. The maximum absolute atomic E-state index is 12.0. The van der Waals surface area contributed by atoms with E-state index >= 15 is 0 Å². The molecular formula is C8H14N4O3S. The highest BCUT2D eigenvalue weighted by atomic mass is 32.2. The van der Waals surface area contributed by atoms with Gasteiger partial charge in [-0.15, -0.1) is 11.8 Å². The summed E-state index contributed by atoms with van der Waals surface area (Å²) in [5, 5.41) is 7.29. The number of nitrogens with zero attached hydrogens (tertiary/aromatic N) is 1. The molecule has 3 N–H and O–H groups in total. The van der Waals surface area contributed by atoms with Crippen LogP contribution in [0, 0.1) is 0 Å². The molecule has 0 saturated carbocycles. The average Bonchev–Trinajstić information content (AvgIpc) is 2.96. The molecule has 0 aromatic carbocycles. The Morgan fingerprint density at radius 2 is 2.38 bits per heavy atom. The fourth-order valence-electron chi connectivity index (χ4n) is 1.59. The number of hydrazine groups is 1. The predicted octanol–water partition coefficient (Wildman–Crippen LogP) is -1.96. The van der Waals surface area contributed by atoms with Gasteiger partial charge in [-0.1, -0.05) is 0 Å². The Morgan fingerprint density at radius 1 is 1.50 bits per heavy atom. The van der Waals surface area contributed by atoms with E-state index in [1.54, 1.807) is 11.8 Å². The Kier molecular flexibility index (Phi) is 3.99. The summed E-state index contributed by atoms with van der Waals surface area (Å²) in [6.07, 6.45) is -0.164. The van der Waals surface area contributed by atoms with Gasteiger partial charge < -0.3 is 4.74 Å². The topological polar surface area (TPSA) is 82.7 Å². The normalized spacial score (nSPS) is 29.0. The van der Waals surface area contributed by atoms with Gasteiger partial charge in [0.1, 0.15) is 0 Å². The lowest BCUT2D eigenvalue weighted by atomic mass is 10.5. The van der Waals surface area contributed by atoms with Crippen LogP contribution >= 0.6 is 11.8 Å². The van der Waals surface area contributed by atoms with Crippen molar-refractivity contribution in [2.24, 2.45) is 0 Å². The molecule has 0 spiro atoms. The maximum atomic E-state index is 12.0. The van der Waals surface area contributed by atoms with Gasteiger partial charge in [-0.2, -0.15) is 0 Å². The van der Waals surface area contributed by atoms with Crippen molar-refractivity contribution in [3.63, 3.8) is 0 Å². The third-order valence-electron chi connectivity index (χ3n) is 2.30. The Labute approximate surface area is 97.2 Å². The van der Waals surface area contributed by atoms with E-state index in [2.05, 4.69) is 16.1 Å². The molecule has 0 radical (unpaired) electrons. The molecule has 8 heteroatoms. The first kappa shape index (κ1) is 11.6. The Hall–Kier alpha value is -0.830. The summed E-state index contributed by atoms with van der Waals surface area (Å²) in [7, 11) is 0. The second kappa shape index (κ2) is 5.48. The highest BCUT2D eigenvalue weighted by Crippen LogP contribution is 2.17. The van der Waals surface area contributed by atoms with Crippen LogP contribution in [0.5, 0.6) is 0 Å². The molecule has 2 aliphatic rings. The van der Waals surface area contributed by atoms with Crippen molar-refractivity contribution in [1.82, 2.24) is 21.1 Å². The fourth-order valence-corrected chi connectivity index (χ4v) is 2.60. The lowest BCUT2D eigenvalue weighted by Crippen LogP contribution is -2.56. The number of ether oxygens (including phenoxy) is 1. The van der Waals surface area contributed by atoms with Gasteiger partial charge in [-0.25, -0.2) is 5.01 Å². The molecule has 0 bridgehead atoms. The maximum Gasteiger partial charge on any atom is 0.287 e. The van der Waals surface area contributed by atoms with Gasteiger partial charge in [0.15, 0.2) is 11.7 Å². The van der Waals surface area contributed by atoms with E-state index in [1.165, 1.54) is 5.01 Å². The molecule has 0 aromatic heterocycles. The number of amides is 2. The van der Waals surface area contributed by atoms with Crippen LogP contribution in [0.25, 0.3) is 0 Å². The summed E-state index contributed by atoms with van der Waals surface area (Å²) in [5.41, 5.74) is 2.18. The van der Waals surface area contributed by atoms with E-state index in [-0.39, 0.29) is 11.4 Å². The molecule has 2 fully saturated rings. The Bertz CT molecular complexity index is 266. The first-order chi connectivity index (χ1) is 7.83. The van der Waals surface area contributed by atoms with Crippen LogP contribution in [0.4, 0.5) is 0 Å². The van der Waals surface area contributed by atoms with E-state index in [0.29, 0.717) is 19.6 Å². The molecule has 0 aromatic rings. The molecule has 2 saturated heterocycles. The zero-order valence-corrected chi connectivity index (χ0v) is 9.46. The molecular weight excluding hydrogens is 232 g/mol. The summed E-state index contributed by atoms with van der Waals surface area (Å²) in [6.45, 7) is 1.98. The van der Waals surface area contributed by atoms with Crippen molar-refractivity contribution in [2.45, 2.75) is 11.7 Å². The van der Waals surface area contributed by atoms with Crippen LogP contribution in [-0.4, -0.2) is 54.5 Å². The standard InChI is InChI=1S/C8H14N4O3S/c13-5-11-12(8-10-2-4-16-8)7(14)6-9-1-3-15-6/h5-6,8-10H,1-4H2,(H,11,13). The number of rotatable bonds is 4. The van der Waals surface area contributed by atoms with Gasteiger partial charge in [-0.3, -0.25) is 25.6 Å². The van der Waals surface area contributed by atoms with Gasteiger partial charge in [0.2, 0.25) is 6.41 Å². The molecule has 90 valence electrons. The van der Waals surface area contributed by atoms with Crippen molar-refractivity contribution in [1.29, 1.82) is 0 Å². The largest absolute Gasteiger partial charge is 0.352 e. The number of thioether (sulfide) groups is 1. The Morgan fingerprint density at radius 3 is 2.94 bits per heavy atom. The summed E-state index contributed by atoms with van der Waals surface area (Å²) in [4.78, 5) is 22.5. The van der Waals surface area contributed by atoms with Gasteiger partial charge >= 0.3 is 0 Å². The van der Waals surface area contributed by atoms with Crippen molar-refractivity contribution >= 4 is 24.1 Å². The van der Waals surface area contributed by atoms with Gasteiger partial charge in [0.25, 0.3) is 5.91 Å². The lowest BCUT2D eigenvalue weighted by molar-refractivity contribution is -0.148. The van der Waals surface area contributed by atoms with Crippen LogP contribution in [0.2, 0.25) is 0 Å². The minimum Gasteiger partial charge on any atom is -0.352 e. The number of hydrogen-bond acceptors (Lipinski definition) is 6. The summed E-state index contributed by atoms with van der Waals surface area (Å²) >= 11 is 1.57. The average molecular weight is 246 g/mol. The number of carbonyl (C=O) groups is 2. The van der Waals surface area contributed by atoms with Crippen LogP contribution < -0.4 is 16.1 Å². The highest BCUT2D eigenvalue weighted by molar-refractivity contribution is 8.00. The van der Waals surface area contributed by atoms with Crippen molar-refractivity contribution in [2.75, 3.05) is 25.4 Å². The SMILES string of the molecule is O=CNN(C(=O)C1NCCO1)C1NCCS1. The minimum atomic E-state index is -0.657.